The molecule has 0 radical (unpaired) electrons. The Balaban J connectivity index is 0.000000980. The van der Waals surface area contributed by atoms with E-state index < -0.39 is 0 Å². The van der Waals surface area contributed by atoms with Gasteiger partial charge in [0.1, 0.15) is 0 Å². The number of hydrogen-bond acceptors (Lipinski definition) is 2. The van der Waals surface area contributed by atoms with Gasteiger partial charge in [-0.25, -0.2) is 4.98 Å². The van der Waals surface area contributed by atoms with Crippen LogP contribution in [0.3, 0.4) is 0 Å². The highest BCUT2D eigenvalue weighted by Gasteiger charge is 2.00. The lowest BCUT2D eigenvalue weighted by molar-refractivity contribution is 1.29. The summed E-state index contributed by atoms with van der Waals surface area (Å²) in [6.07, 6.45) is 0. The average Bonchev–Trinajstić information content (AvgIpc) is 2.53. The number of aromatic nitrogens is 1. The summed E-state index contributed by atoms with van der Waals surface area (Å²) in [7, 11) is 0. The van der Waals surface area contributed by atoms with Gasteiger partial charge < -0.3 is 0 Å². The molecule has 2 rings (SSSR count). The molecule has 2 aromatic rings. The van der Waals surface area contributed by atoms with E-state index in [0.29, 0.717) is 0 Å². The van der Waals surface area contributed by atoms with Gasteiger partial charge >= 0.3 is 0 Å². The predicted molar refractivity (Wildman–Crippen MR) is 67.3 cm³/mol. The van der Waals surface area contributed by atoms with E-state index in [1.165, 1.54) is 11.1 Å². The van der Waals surface area contributed by atoms with Crippen LogP contribution < -0.4 is 0 Å². The molecule has 0 spiro atoms. The highest BCUT2D eigenvalue weighted by Crippen LogP contribution is 2.21. The second-order valence-corrected chi connectivity index (χ2v) is 4.18. The number of rotatable bonds is 1. The van der Waals surface area contributed by atoms with Crippen molar-refractivity contribution in [3.05, 3.63) is 40.2 Å². The van der Waals surface area contributed by atoms with Crippen LogP contribution in [0, 0.1) is 13.8 Å². The second-order valence-electron chi connectivity index (χ2n) is 3.12. The minimum atomic E-state index is 0. The van der Waals surface area contributed by atoms with Gasteiger partial charge in [-0.05, 0) is 13.8 Å². The predicted octanol–water partition coefficient (Wildman–Crippen LogP) is 4.00. The molecule has 0 bridgehead atoms. The van der Waals surface area contributed by atoms with E-state index in [0.717, 1.165) is 10.7 Å². The molecule has 0 aliphatic heterocycles. The van der Waals surface area contributed by atoms with Crippen molar-refractivity contribution in [2.75, 3.05) is 0 Å². The van der Waals surface area contributed by atoms with Crippen LogP contribution in [0.4, 0.5) is 0 Å². The molecular weight excluding hydrogens is 258 g/mol. The molecule has 14 heavy (non-hydrogen) atoms. The molecule has 0 saturated heterocycles. The van der Waals surface area contributed by atoms with Gasteiger partial charge in [-0.2, -0.15) is 0 Å². The SMILES string of the molecule is Br.Cc1ccc(-c2csc(C)n2)cc1. The third kappa shape index (κ3) is 2.42. The largest absolute Gasteiger partial charge is 0.242 e. The lowest BCUT2D eigenvalue weighted by Crippen LogP contribution is -1.78. The van der Waals surface area contributed by atoms with Crippen LogP contribution in [0.2, 0.25) is 0 Å². The maximum Gasteiger partial charge on any atom is 0.0901 e. The first-order valence-electron chi connectivity index (χ1n) is 4.25. The summed E-state index contributed by atoms with van der Waals surface area (Å²) in [6, 6.07) is 8.46. The van der Waals surface area contributed by atoms with Crippen molar-refractivity contribution in [3.63, 3.8) is 0 Å². The third-order valence-electron chi connectivity index (χ3n) is 1.97. The molecule has 74 valence electrons. The molecule has 1 nitrogen and oxygen atoms in total. The van der Waals surface area contributed by atoms with E-state index in [1.807, 2.05) is 6.92 Å². The molecule has 0 aliphatic rings. The van der Waals surface area contributed by atoms with Crippen molar-refractivity contribution in [3.8, 4) is 11.3 Å². The summed E-state index contributed by atoms with van der Waals surface area (Å²) in [5.41, 5.74) is 3.58. The Hall–Kier alpha value is -0.670. The van der Waals surface area contributed by atoms with Crippen molar-refractivity contribution in [1.82, 2.24) is 4.98 Å². The smallest absolute Gasteiger partial charge is 0.0901 e. The van der Waals surface area contributed by atoms with Crippen LogP contribution in [-0.2, 0) is 0 Å². The first-order chi connectivity index (χ1) is 6.25. The van der Waals surface area contributed by atoms with Crippen molar-refractivity contribution in [2.24, 2.45) is 0 Å². The van der Waals surface area contributed by atoms with Gasteiger partial charge in [-0.1, -0.05) is 29.8 Å². The van der Waals surface area contributed by atoms with Gasteiger partial charge in [-0.15, -0.1) is 28.3 Å². The van der Waals surface area contributed by atoms with Crippen molar-refractivity contribution < 1.29 is 0 Å². The monoisotopic (exact) mass is 269 g/mol. The lowest BCUT2D eigenvalue weighted by atomic mass is 10.1. The first-order valence-corrected chi connectivity index (χ1v) is 5.13. The molecule has 0 amide bonds. The van der Waals surface area contributed by atoms with Gasteiger partial charge in [0.05, 0.1) is 10.7 Å². The van der Waals surface area contributed by atoms with E-state index >= 15 is 0 Å². The Morgan fingerprint density at radius 3 is 2.21 bits per heavy atom. The van der Waals surface area contributed by atoms with E-state index in [9.17, 15) is 0 Å². The molecule has 1 aromatic heterocycles. The van der Waals surface area contributed by atoms with E-state index in [4.69, 9.17) is 0 Å². The molecule has 1 heterocycles. The number of nitrogens with zero attached hydrogens (tertiary/aromatic N) is 1. The maximum absolute atomic E-state index is 4.43. The van der Waals surface area contributed by atoms with Crippen LogP contribution in [-0.4, -0.2) is 4.98 Å². The quantitative estimate of drug-likeness (QED) is 0.763. The molecule has 0 N–H and O–H groups in total. The van der Waals surface area contributed by atoms with Crippen LogP contribution >= 0.6 is 28.3 Å². The Bertz CT molecular complexity index is 405. The molecule has 0 unspecified atom stereocenters. The average molecular weight is 270 g/mol. The zero-order valence-corrected chi connectivity index (χ0v) is 10.7. The van der Waals surface area contributed by atoms with Gasteiger partial charge in [-0.3, -0.25) is 0 Å². The lowest BCUT2D eigenvalue weighted by Gasteiger charge is -1.96. The number of thiazole rings is 1. The van der Waals surface area contributed by atoms with Crippen LogP contribution in [0.15, 0.2) is 29.6 Å². The molecule has 0 fully saturated rings. The van der Waals surface area contributed by atoms with Gasteiger partial charge in [0.2, 0.25) is 0 Å². The van der Waals surface area contributed by atoms with Crippen molar-refractivity contribution in [1.29, 1.82) is 0 Å². The minimum Gasteiger partial charge on any atom is -0.242 e. The maximum atomic E-state index is 4.43. The normalized spacial score (nSPS) is 9.57. The van der Waals surface area contributed by atoms with Crippen molar-refractivity contribution in [2.45, 2.75) is 13.8 Å². The zero-order valence-electron chi connectivity index (χ0n) is 8.15. The van der Waals surface area contributed by atoms with E-state index in [2.05, 4.69) is 41.6 Å². The number of benzene rings is 1. The van der Waals surface area contributed by atoms with Gasteiger partial charge in [0, 0.05) is 10.9 Å². The summed E-state index contributed by atoms with van der Waals surface area (Å²) in [5.74, 6) is 0. The zero-order chi connectivity index (χ0) is 9.26. The fourth-order valence-electron chi connectivity index (χ4n) is 1.22. The standard InChI is InChI=1S/C11H11NS.BrH/c1-8-3-5-10(6-4-8)11-7-13-9(2)12-11;/h3-7H,1-2H3;1H. The minimum absolute atomic E-state index is 0. The van der Waals surface area contributed by atoms with Gasteiger partial charge in [0.25, 0.3) is 0 Å². The number of aryl methyl sites for hydroxylation is 2. The topological polar surface area (TPSA) is 12.9 Å². The molecule has 0 aliphatic carbocycles. The Labute approximate surface area is 98.6 Å². The Morgan fingerprint density at radius 1 is 1.07 bits per heavy atom. The summed E-state index contributed by atoms with van der Waals surface area (Å²) in [5, 5.41) is 3.22. The summed E-state index contributed by atoms with van der Waals surface area (Å²) >= 11 is 1.69. The highest BCUT2D eigenvalue weighted by atomic mass is 79.9. The summed E-state index contributed by atoms with van der Waals surface area (Å²) < 4.78 is 0. The van der Waals surface area contributed by atoms with Crippen LogP contribution in [0.25, 0.3) is 11.3 Å². The second kappa shape index (κ2) is 4.71. The molecule has 3 heteroatoms. The fourth-order valence-corrected chi connectivity index (χ4v) is 1.84. The van der Waals surface area contributed by atoms with Gasteiger partial charge in [0.15, 0.2) is 0 Å². The van der Waals surface area contributed by atoms with E-state index in [1.54, 1.807) is 11.3 Å². The fraction of sp³-hybridized carbons (Fsp3) is 0.182. The number of hydrogen-bond donors (Lipinski definition) is 0. The summed E-state index contributed by atoms with van der Waals surface area (Å²) in [4.78, 5) is 4.43. The molecule has 0 saturated carbocycles. The molecule has 1 aromatic carbocycles. The Morgan fingerprint density at radius 2 is 1.71 bits per heavy atom. The molecular formula is C11H12BrNS. The van der Waals surface area contributed by atoms with Crippen LogP contribution in [0.5, 0.6) is 0 Å². The number of halogens is 1. The van der Waals surface area contributed by atoms with E-state index in [-0.39, 0.29) is 17.0 Å². The van der Waals surface area contributed by atoms with Crippen molar-refractivity contribution >= 4 is 28.3 Å². The molecule has 0 atom stereocenters. The highest BCUT2D eigenvalue weighted by molar-refractivity contribution is 8.93. The third-order valence-corrected chi connectivity index (χ3v) is 2.74. The Kier molecular flexibility index (Phi) is 3.84. The summed E-state index contributed by atoms with van der Waals surface area (Å²) in [6.45, 7) is 4.12. The first kappa shape index (κ1) is 11.4. The van der Waals surface area contributed by atoms with Crippen LogP contribution in [0.1, 0.15) is 10.6 Å².